The quantitative estimate of drug-likeness (QED) is 0.509. The van der Waals surface area contributed by atoms with Crippen LogP contribution < -0.4 is 0 Å². The van der Waals surface area contributed by atoms with E-state index in [0.717, 1.165) is 36.7 Å². The molecule has 12 heavy (non-hydrogen) atoms. The Bertz CT molecular complexity index is 216. The van der Waals surface area contributed by atoms with Gasteiger partial charge in [0.15, 0.2) is 0 Å². The predicted molar refractivity (Wildman–Crippen MR) is 47.7 cm³/mol. The molecule has 0 aliphatic heterocycles. The standard InChI is InChI=1S/C10H14O2/c1-8(6-11)10-4-2-9(7-12)3-5-10/h2,7,10-11H,1,3-6H2/t10-/m1/s1. The summed E-state index contributed by atoms with van der Waals surface area (Å²) >= 11 is 0. The fraction of sp³-hybridized carbons (Fsp3) is 0.500. The van der Waals surface area contributed by atoms with Gasteiger partial charge in [0.2, 0.25) is 0 Å². The molecule has 1 aliphatic rings. The van der Waals surface area contributed by atoms with E-state index in [1.165, 1.54) is 0 Å². The number of carbonyl (C=O) groups excluding carboxylic acids is 1. The average Bonchev–Trinajstić information content (AvgIpc) is 2.17. The normalized spacial score (nSPS) is 23.1. The highest BCUT2D eigenvalue weighted by Crippen LogP contribution is 2.27. The fourth-order valence-electron chi connectivity index (χ4n) is 1.46. The van der Waals surface area contributed by atoms with E-state index >= 15 is 0 Å². The summed E-state index contributed by atoms with van der Waals surface area (Å²) in [6.45, 7) is 3.84. The summed E-state index contributed by atoms with van der Waals surface area (Å²) in [6.07, 6.45) is 5.49. The van der Waals surface area contributed by atoms with Crippen molar-refractivity contribution in [2.24, 2.45) is 5.92 Å². The van der Waals surface area contributed by atoms with Gasteiger partial charge in [-0.2, -0.15) is 0 Å². The first-order valence-electron chi connectivity index (χ1n) is 4.20. The highest BCUT2D eigenvalue weighted by atomic mass is 16.3. The van der Waals surface area contributed by atoms with Gasteiger partial charge in [0.25, 0.3) is 0 Å². The van der Waals surface area contributed by atoms with Gasteiger partial charge in [0.1, 0.15) is 6.29 Å². The van der Waals surface area contributed by atoms with Crippen molar-refractivity contribution in [2.45, 2.75) is 19.3 Å². The van der Waals surface area contributed by atoms with Crippen LogP contribution in [0.2, 0.25) is 0 Å². The lowest BCUT2D eigenvalue weighted by Crippen LogP contribution is -2.10. The Morgan fingerprint density at radius 1 is 1.83 bits per heavy atom. The van der Waals surface area contributed by atoms with E-state index in [1.54, 1.807) is 0 Å². The molecular weight excluding hydrogens is 152 g/mol. The molecule has 0 unspecified atom stereocenters. The molecule has 0 saturated heterocycles. The Balaban J connectivity index is 2.51. The Morgan fingerprint density at radius 2 is 2.58 bits per heavy atom. The second-order valence-electron chi connectivity index (χ2n) is 3.18. The van der Waals surface area contributed by atoms with Gasteiger partial charge in [-0.25, -0.2) is 0 Å². The zero-order valence-electron chi connectivity index (χ0n) is 7.12. The molecule has 0 aromatic rings. The van der Waals surface area contributed by atoms with Crippen molar-refractivity contribution in [1.82, 2.24) is 0 Å². The van der Waals surface area contributed by atoms with Gasteiger partial charge >= 0.3 is 0 Å². The third-order valence-electron chi connectivity index (χ3n) is 2.38. The molecule has 2 nitrogen and oxygen atoms in total. The van der Waals surface area contributed by atoms with Gasteiger partial charge < -0.3 is 5.11 Å². The fourth-order valence-corrected chi connectivity index (χ4v) is 1.46. The van der Waals surface area contributed by atoms with Crippen molar-refractivity contribution in [3.8, 4) is 0 Å². The molecule has 1 rings (SSSR count). The van der Waals surface area contributed by atoms with Gasteiger partial charge in [-0.3, -0.25) is 4.79 Å². The van der Waals surface area contributed by atoms with Crippen molar-refractivity contribution in [3.63, 3.8) is 0 Å². The molecule has 0 saturated carbocycles. The van der Waals surface area contributed by atoms with Gasteiger partial charge in [-0.15, -0.1) is 0 Å². The van der Waals surface area contributed by atoms with E-state index in [0.29, 0.717) is 5.92 Å². The lowest BCUT2D eigenvalue weighted by molar-refractivity contribution is -0.105. The molecule has 0 aromatic carbocycles. The first-order valence-corrected chi connectivity index (χ1v) is 4.20. The van der Waals surface area contributed by atoms with Crippen molar-refractivity contribution in [2.75, 3.05) is 6.61 Å². The van der Waals surface area contributed by atoms with Crippen molar-refractivity contribution in [3.05, 3.63) is 23.8 Å². The number of hydrogen-bond donors (Lipinski definition) is 1. The van der Waals surface area contributed by atoms with Crippen LogP contribution in [-0.4, -0.2) is 18.0 Å². The summed E-state index contributed by atoms with van der Waals surface area (Å²) in [7, 11) is 0. The van der Waals surface area contributed by atoms with Crippen LogP contribution in [0.5, 0.6) is 0 Å². The zero-order valence-corrected chi connectivity index (χ0v) is 7.12. The molecule has 0 heterocycles. The summed E-state index contributed by atoms with van der Waals surface area (Å²) in [6, 6.07) is 0. The minimum atomic E-state index is 0.0644. The highest BCUT2D eigenvalue weighted by molar-refractivity contribution is 5.73. The third-order valence-corrected chi connectivity index (χ3v) is 2.38. The van der Waals surface area contributed by atoms with Gasteiger partial charge in [-0.05, 0) is 36.3 Å². The van der Waals surface area contributed by atoms with Crippen LogP contribution >= 0.6 is 0 Å². The molecular formula is C10H14O2. The third kappa shape index (κ3) is 2.05. The minimum absolute atomic E-state index is 0.0644. The zero-order chi connectivity index (χ0) is 8.97. The van der Waals surface area contributed by atoms with Crippen LogP contribution in [0.15, 0.2) is 23.8 Å². The molecule has 2 heteroatoms. The van der Waals surface area contributed by atoms with E-state index in [1.807, 2.05) is 6.08 Å². The van der Waals surface area contributed by atoms with Crippen LogP contribution in [-0.2, 0) is 4.79 Å². The Morgan fingerprint density at radius 3 is 3.00 bits per heavy atom. The Kier molecular flexibility index (Phi) is 3.23. The van der Waals surface area contributed by atoms with Gasteiger partial charge in [0.05, 0.1) is 6.61 Å². The van der Waals surface area contributed by atoms with E-state index in [-0.39, 0.29) is 6.61 Å². The number of allylic oxidation sites excluding steroid dienone is 2. The number of aliphatic hydroxyl groups excluding tert-OH is 1. The summed E-state index contributed by atoms with van der Waals surface area (Å²) in [5.41, 5.74) is 1.77. The van der Waals surface area contributed by atoms with Crippen LogP contribution in [0.3, 0.4) is 0 Å². The van der Waals surface area contributed by atoms with Gasteiger partial charge in [-0.1, -0.05) is 12.7 Å². The maximum Gasteiger partial charge on any atom is 0.145 e. The maximum absolute atomic E-state index is 10.4. The van der Waals surface area contributed by atoms with Crippen LogP contribution in [0.4, 0.5) is 0 Å². The Labute approximate surface area is 72.6 Å². The molecule has 1 aliphatic carbocycles. The number of aliphatic hydroxyl groups is 1. The van der Waals surface area contributed by atoms with E-state index in [4.69, 9.17) is 5.11 Å². The number of aldehydes is 1. The monoisotopic (exact) mass is 166 g/mol. The highest BCUT2D eigenvalue weighted by Gasteiger charge is 2.15. The molecule has 1 atom stereocenters. The first-order chi connectivity index (χ1) is 5.77. The van der Waals surface area contributed by atoms with Crippen LogP contribution in [0.1, 0.15) is 19.3 Å². The second-order valence-corrected chi connectivity index (χ2v) is 3.18. The topological polar surface area (TPSA) is 37.3 Å². The van der Waals surface area contributed by atoms with Crippen LogP contribution in [0.25, 0.3) is 0 Å². The van der Waals surface area contributed by atoms with Crippen molar-refractivity contribution >= 4 is 6.29 Å². The second kappa shape index (κ2) is 4.21. The molecule has 0 bridgehead atoms. The van der Waals surface area contributed by atoms with E-state index in [2.05, 4.69) is 6.58 Å². The smallest absolute Gasteiger partial charge is 0.145 e. The Hall–Kier alpha value is -0.890. The average molecular weight is 166 g/mol. The number of rotatable bonds is 3. The van der Waals surface area contributed by atoms with E-state index < -0.39 is 0 Å². The summed E-state index contributed by atoms with van der Waals surface area (Å²) in [5, 5.41) is 8.82. The summed E-state index contributed by atoms with van der Waals surface area (Å²) in [5.74, 6) is 0.374. The molecule has 1 N–H and O–H groups in total. The molecule has 0 amide bonds. The predicted octanol–water partition coefficient (Wildman–Crippen LogP) is 1.46. The lowest BCUT2D eigenvalue weighted by Gasteiger charge is -2.20. The number of hydrogen-bond acceptors (Lipinski definition) is 2. The summed E-state index contributed by atoms with van der Waals surface area (Å²) in [4.78, 5) is 10.4. The lowest BCUT2D eigenvalue weighted by atomic mass is 9.85. The summed E-state index contributed by atoms with van der Waals surface area (Å²) < 4.78 is 0. The van der Waals surface area contributed by atoms with Crippen LogP contribution in [0, 0.1) is 5.92 Å². The van der Waals surface area contributed by atoms with Gasteiger partial charge in [0, 0.05) is 0 Å². The molecule has 0 aromatic heterocycles. The molecule has 0 fully saturated rings. The first kappa shape index (κ1) is 9.20. The van der Waals surface area contributed by atoms with E-state index in [9.17, 15) is 4.79 Å². The SMILES string of the molecule is C=C(CO)[C@@H]1CC=C(C=O)CC1. The molecule has 0 radical (unpaired) electrons. The minimum Gasteiger partial charge on any atom is -0.392 e. The largest absolute Gasteiger partial charge is 0.392 e. The van der Waals surface area contributed by atoms with Crippen molar-refractivity contribution in [1.29, 1.82) is 0 Å². The maximum atomic E-state index is 10.4. The number of carbonyl (C=O) groups is 1. The molecule has 0 spiro atoms. The molecule has 66 valence electrons. The van der Waals surface area contributed by atoms with Crippen molar-refractivity contribution < 1.29 is 9.90 Å².